The summed E-state index contributed by atoms with van der Waals surface area (Å²) in [6, 6.07) is 5.59. The molecule has 0 aliphatic heterocycles. The normalized spacial score (nSPS) is 15.9. The second-order valence-electron chi connectivity index (χ2n) is 4.54. The number of aryl methyl sites for hydroxylation is 1. The maximum absolute atomic E-state index is 8.62. The fourth-order valence-corrected chi connectivity index (χ4v) is 1.82. The summed E-state index contributed by atoms with van der Waals surface area (Å²) in [6.45, 7) is 2.69. The first-order chi connectivity index (χ1) is 8.20. The number of rotatable bonds is 5. The molecule has 1 fully saturated rings. The van der Waals surface area contributed by atoms with Crippen LogP contribution < -0.4 is 10.5 Å². The second-order valence-corrected chi connectivity index (χ2v) is 4.54. The molecule has 0 spiro atoms. The van der Waals surface area contributed by atoms with Crippen LogP contribution in [0.15, 0.2) is 23.4 Å². The zero-order valence-electron chi connectivity index (χ0n) is 10.0. The van der Waals surface area contributed by atoms with E-state index in [1.807, 2.05) is 25.1 Å². The molecule has 1 aromatic rings. The van der Waals surface area contributed by atoms with Crippen LogP contribution in [0, 0.1) is 12.8 Å². The molecule has 3 N–H and O–H groups in total. The molecule has 0 heterocycles. The lowest BCUT2D eigenvalue weighted by Crippen LogP contribution is -2.14. The Hall–Kier alpha value is -1.71. The molecule has 0 radical (unpaired) electrons. The van der Waals surface area contributed by atoms with Crippen molar-refractivity contribution in [1.29, 1.82) is 0 Å². The quantitative estimate of drug-likeness (QED) is 0.355. The molecule has 4 nitrogen and oxygen atoms in total. The van der Waals surface area contributed by atoms with Crippen LogP contribution in [0.2, 0.25) is 0 Å². The molecule has 0 atom stereocenters. The summed E-state index contributed by atoms with van der Waals surface area (Å²) in [5.41, 5.74) is 7.24. The van der Waals surface area contributed by atoms with Gasteiger partial charge in [-0.15, -0.1) is 0 Å². The van der Waals surface area contributed by atoms with Crippen molar-refractivity contribution >= 4 is 5.84 Å². The van der Waals surface area contributed by atoms with Gasteiger partial charge >= 0.3 is 0 Å². The third-order valence-corrected chi connectivity index (χ3v) is 3.07. The topological polar surface area (TPSA) is 67.8 Å². The van der Waals surface area contributed by atoms with E-state index in [1.54, 1.807) is 0 Å². The molecule has 1 aliphatic rings. The van der Waals surface area contributed by atoms with Crippen molar-refractivity contribution in [2.75, 3.05) is 6.61 Å². The Kier molecular flexibility index (Phi) is 3.52. The van der Waals surface area contributed by atoms with E-state index < -0.39 is 0 Å². The molecule has 0 unspecified atom stereocenters. The van der Waals surface area contributed by atoms with Crippen LogP contribution in [0.25, 0.3) is 0 Å². The minimum atomic E-state index is 0.132. The van der Waals surface area contributed by atoms with Crippen molar-refractivity contribution in [2.45, 2.75) is 26.2 Å². The SMILES string of the molecule is Cc1cc(OCCC2CC2)ccc1/C(N)=N/O. The highest BCUT2D eigenvalue weighted by molar-refractivity contribution is 5.98. The molecule has 1 aliphatic carbocycles. The molecule has 0 saturated heterocycles. The first-order valence-corrected chi connectivity index (χ1v) is 5.92. The minimum Gasteiger partial charge on any atom is -0.494 e. The van der Waals surface area contributed by atoms with E-state index in [-0.39, 0.29) is 5.84 Å². The summed E-state index contributed by atoms with van der Waals surface area (Å²) in [4.78, 5) is 0. The predicted octanol–water partition coefficient (Wildman–Crippen LogP) is 2.27. The molecular formula is C13H18N2O2. The molecular weight excluding hydrogens is 216 g/mol. The molecule has 0 aromatic heterocycles. The molecule has 1 saturated carbocycles. The van der Waals surface area contributed by atoms with Gasteiger partial charge in [0.1, 0.15) is 5.75 Å². The highest BCUT2D eigenvalue weighted by atomic mass is 16.5. The van der Waals surface area contributed by atoms with Crippen molar-refractivity contribution in [3.05, 3.63) is 29.3 Å². The summed E-state index contributed by atoms with van der Waals surface area (Å²) in [5, 5.41) is 11.6. The van der Waals surface area contributed by atoms with Gasteiger partial charge in [0, 0.05) is 5.56 Å². The first-order valence-electron chi connectivity index (χ1n) is 5.92. The van der Waals surface area contributed by atoms with Gasteiger partial charge in [-0.2, -0.15) is 0 Å². The highest BCUT2D eigenvalue weighted by Gasteiger charge is 2.20. The van der Waals surface area contributed by atoms with E-state index in [4.69, 9.17) is 15.7 Å². The van der Waals surface area contributed by atoms with E-state index in [2.05, 4.69) is 5.16 Å². The molecule has 92 valence electrons. The van der Waals surface area contributed by atoms with E-state index in [1.165, 1.54) is 12.8 Å². The smallest absolute Gasteiger partial charge is 0.170 e. The van der Waals surface area contributed by atoms with Crippen molar-refractivity contribution in [3.63, 3.8) is 0 Å². The van der Waals surface area contributed by atoms with Crippen molar-refractivity contribution in [3.8, 4) is 5.75 Å². The summed E-state index contributed by atoms with van der Waals surface area (Å²) < 4.78 is 5.66. The Bertz CT molecular complexity index is 425. The molecule has 17 heavy (non-hydrogen) atoms. The molecule has 0 amide bonds. The zero-order valence-corrected chi connectivity index (χ0v) is 10.0. The van der Waals surface area contributed by atoms with Crippen LogP contribution in [-0.4, -0.2) is 17.6 Å². The van der Waals surface area contributed by atoms with E-state index >= 15 is 0 Å². The maximum atomic E-state index is 8.62. The van der Waals surface area contributed by atoms with Crippen LogP contribution in [0.3, 0.4) is 0 Å². The van der Waals surface area contributed by atoms with Crippen LogP contribution in [0.5, 0.6) is 5.75 Å². The lowest BCUT2D eigenvalue weighted by Gasteiger charge is -2.09. The number of nitrogens with two attached hydrogens (primary N) is 1. The number of nitrogens with zero attached hydrogens (tertiary/aromatic N) is 1. The van der Waals surface area contributed by atoms with Gasteiger partial charge in [0.05, 0.1) is 6.61 Å². The first kappa shape index (κ1) is 11.8. The van der Waals surface area contributed by atoms with E-state index in [0.29, 0.717) is 0 Å². The number of oxime groups is 1. The lowest BCUT2D eigenvalue weighted by atomic mass is 10.1. The van der Waals surface area contributed by atoms with Gasteiger partial charge in [-0.3, -0.25) is 0 Å². The summed E-state index contributed by atoms with van der Waals surface area (Å²) in [6.07, 6.45) is 3.84. The van der Waals surface area contributed by atoms with Gasteiger partial charge in [0.15, 0.2) is 5.84 Å². The minimum absolute atomic E-state index is 0.132. The molecule has 0 bridgehead atoms. The van der Waals surface area contributed by atoms with E-state index in [9.17, 15) is 0 Å². The fraction of sp³-hybridized carbons (Fsp3) is 0.462. The van der Waals surface area contributed by atoms with Crippen LogP contribution in [0.4, 0.5) is 0 Å². The standard InChI is InChI=1S/C13H18N2O2/c1-9-8-11(17-7-6-10-2-3-10)4-5-12(9)13(14)15-16/h4-5,8,10,16H,2-3,6-7H2,1H3,(H2,14,15). The van der Waals surface area contributed by atoms with Crippen LogP contribution in [-0.2, 0) is 0 Å². The lowest BCUT2D eigenvalue weighted by molar-refractivity contribution is 0.302. The molecule has 1 aromatic carbocycles. The largest absolute Gasteiger partial charge is 0.494 e. The monoisotopic (exact) mass is 234 g/mol. The Labute approximate surface area is 101 Å². The van der Waals surface area contributed by atoms with Gasteiger partial charge in [-0.25, -0.2) is 0 Å². The van der Waals surface area contributed by atoms with Gasteiger partial charge in [-0.1, -0.05) is 18.0 Å². The third-order valence-electron chi connectivity index (χ3n) is 3.07. The number of benzene rings is 1. The number of ether oxygens (including phenoxy) is 1. The van der Waals surface area contributed by atoms with Gasteiger partial charge in [0.25, 0.3) is 0 Å². The predicted molar refractivity (Wildman–Crippen MR) is 66.5 cm³/mol. The number of hydrogen-bond acceptors (Lipinski definition) is 3. The summed E-state index contributed by atoms with van der Waals surface area (Å²) in [5.74, 6) is 1.86. The Morgan fingerprint density at radius 2 is 2.29 bits per heavy atom. The molecule has 4 heteroatoms. The van der Waals surface area contributed by atoms with Gasteiger partial charge in [-0.05, 0) is 43.0 Å². The maximum Gasteiger partial charge on any atom is 0.170 e. The summed E-state index contributed by atoms with van der Waals surface area (Å²) >= 11 is 0. The van der Waals surface area contributed by atoms with Crippen molar-refractivity contribution in [2.24, 2.45) is 16.8 Å². The van der Waals surface area contributed by atoms with Crippen LogP contribution >= 0.6 is 0 Å². The van der Waals surface area contributed by atoms with Crippen LogP contribution in [0.1, 0.15) is 30.4 Å². The molecule has 2 rings (SSSR count). The Morgan fingerprint density at radius 1 is 1.53 bits per heavy atom. The van der Waals surface area contributed by atoms with Crippen molar-refractivity contribution in [1.82, 2.24) is 0 Å². The fourth-order valence-electron chi connectivity index (χ4n) is 1.82. The van der Waals surface area contributed by atoms with Gasteiger partial charge < -0.3 is 15.7 Å². The van der Waals surface area contributed by atoms with Gasteiger partial charge in [0.2, 0.25) is 0 Å². The van der Waals surface area contributed by atoms with Crippen molar-refractivity contribution < 1.29 is 9.94 Å². The second kappa shape index (κ2) is 5.08. The Morgan fingerprint density at radius 3 is 2.88 bits per heavy atom. The summed E-state index contributed by atoms with van der Waals surface area (Å²) in [7, 11) is 0. The number of hydrogen-bond donors (Lipinski definition) is 2. The average molecular weight is 234 g/mol. The average Bonchev–Trinajstić information content (AvgIpc) is 3.12. The Balaban J connectivity index is 1.97. The zero-order chi connectivity index (χ0) is 12.3. The number of amidine groups is 1. The van der Waals surface area contributed by atoms with E-state index in [0.717, 1.165) is 35.8 Å². The third kappa shape index (κ3) is 3.12. The highest BCUT2D eigenvalue weighted by Crippen LogP contribution is 2.32.